The molecule has 0 aliphatic carbocycles. The van der Waals surface area contributed by atoms with Crippen LogP contribution in [0.2, 0.25) is 0 Å². The minimum atomic E-state index is -0.287. The molecule has 1 unspecified atom stereocenters. The number of carbonyl (C=O) groups is 1. The van der Waals surface area contributed by atoms with Crippen LogP contribution >= 0.6 is 0 Å². The molecule has 0 saturated carbocycles. The molecule has 3 aromatic rings. The molecule has 25 heavy (non-hydrogen) atoms. The number of nitrogens with one attached hydrogen (secondary N) is 1. The van der Waals surface area contributed by atoms with E-state index in [0.717, 1.165) is 18.5 Å². The smallest absolute Gasteiger partial charge is 0.273 e. The summed E-state index contributed by atoms with van der Waals surface area (Å²) in [6, 6.07) is 6.04. The highest BCUT2D eigenvalue weighted by atomic mass is 19.1. The van der Waals surface area contributed by atoms with Gasteiger partial charge in [-0.2, -0.15) is 0 Å². The Morgan fingerprint density at radius 2 is 2.12 bits per heavy atom. The fourth-order valence-electron chi connectivity index (χ4n) is 2.44. The van der Waals surface area contributed by atoms with Crippen molar-refractivity contribution >= 4 is 5.91 Å². The Morgan fingerprint density at radius 1 is 1.32 bits per heavy atom. The van der Waals surface area contributed by atoms with Gasteiger partial charge in [0.2, 0.25) is 0 Å². The van der Waals surface area contributed by atoms with Gasteiger partial charge < -0.3 is 9.88 Å². The van der Waals surface area contributed by atoms with Gasteiger partial charge in [-0.3, -0.25) is 4.79 Å². The number of rotatable bonds is 7. The Bertz CT molecular complexity index is 812. The van der Waals surface area contributed by atoms with Crippen LogP contribution in [0.25, 0.3) is 0 Å². The van der Waals surface area contributed by atoms with Crippen LogP contribution in [0.4, 0.5) is 4.39 Å². The van der Waals surface area contributed by atoms with Crippen LogP contribution in [0.3, 0.4) is 0 Å². The predicted octanol–water partition coefficient (Wildman–Crippen LogP) is 2.04. The lowest BCUT2D eigenvalue weighted by atomic mass is 10.1. The van der Waals surface area contributed by atoms with Crippen LogP contribution in [0.5, 0.6) is 0 Å². The fourth-order valence-corrected chi connectivity index (χ4v) is 2.44. The highest BCUT2D eigenvalue weighted by molar-refractivity contribution is 5.91. The van der Waals surface area contributed by atoms with Gasteiger partial charge in [0.05, 0.1) is 18.6 Å². The molecule has 2 heterocycles. The van der Waals surface area contributed by atoms with E-state index >= 15 is 0 Å². The van der Waals surface area contributed by atoms with Crippen LogP contribution in [0.1, 0.15) is 35.4 Å². The maximum atomic E-state index is 13.0. The molecule has 1 N–H and O–H groups in total. The third-order valence-corrected chi connectivity index (χ3v) is 3.93. The molecule has 1 atom stereocenters. The number of nitrogens with zero attached hydrogens (tertiary/aromatic N) is 5. The molecule has 0 radical (unpaired) electrons. The standard InChI is InChI=1S/C17H19FN6O/c1-13(14-3-5-15(18)6-4-14)24-11-16(21-22-24)17(25)20-7-2-9-23-10-8-19-12-23/h3-6,8,10-13H,2,7,9H2,1H3,(H,20,25). The lowest BCUT2D eigenvalue weighted by Crippen LogP contribution is -2.25. The van der Waals surface area contributed by atoms with Gasteiger partial charge in [0.1, 0.15) is 5.82 Å². The van der Waals surface area contributed by atoms with Crippen molar-refractivity contribution in [2.24, 2.45) is 0 Å². The second-order valence-corrected chi connectivity index (χ2v) is 5.72. The lowest BCUT2D eigenvalue weighted by molar-refractivity contribution is 0.0947. The van der Waals surface area contributed by atoms with E-state index in [1.807, 2.05) is 17.7 Å². The van der Waals surface area contributed by atoms with Gasteiger partial charge in [-0.05, 0) is 31.0 Å². The fraction of sp³-hybridized carbons (Fsp3) is 0.294. The summed E-state index contributed by atoms with van der Waals surface area (Å²) in [5, 5.41) is 10.7. The first-order valence-corrected chi connectivity index (χ1v) is 8.05. The molecule has 130 valence electrons. The minimum Gasteiger partial charge on any atom is -0.351 e. The van der Waals surface area contributed by atoms with Gasteiger partial charge >= 0.3 is 0 Å². The summed E-state index contributed by atoms with van der Waals surface area (Å²) in [5.41, 5.74) is 1.15. The van der Waals surface area contributed by atoms with Crippen LogP contribution < -0.4 is 5.32 Å². The van der Waals surface area contributed by atoms with Crippen molar-refractivity contribution in [2.75, 3.05) is 6.54 Å². The van der Waals surface area contributed by atoms with Crippen molar-refractivity contribution in [1.82, 2.24) is 29.9 Å². The number of imidazole rings is 1. The van der Waals surface area contributed by atoms with E-state index in [2.05, 4.69) is 20.6 Å². The van der Waals surface area contributed by atoms with E-state index in [-0.39, 0.29) is 23.5 Å². The summed E-state index contributed by atoms with van der Waals surface area (Å²) in [6.45, 7) is 3.24. The molecular weight excluding hydrogens is 323 g/mol. The van der Waals surface area contributed by atoms with E-state index < -0.39 is 0 Å². The van der Waals surface area contributed by atoms with E-state index in [4.69, 9.17) is 0 Å². The number of amides is 1. The second-order valence-electron chi connectivity index (χ2n) is 5.72. The topological polar surface area (TPSA) is 77.6 Å². The number of benzene rings is 1. The number of halogens is 1. The number of aromatic nitrogens is 5. The van der Waals surface area contributed by atoms with Crippen molar-refractivity contribution in [2.45, 2.75) is 25.9 Å². The van der Waals surface area contributed by atoms with Gasteiger partial charge in [0, 0.05) is 25.5 Å². The zero-order valence-corrected chi connectivity index (χ0v) is 13.8. The first-order chi connectivity index (χ1) is 12.1. The third-order valence-electron chi connectivity index (χ3n) is 3.93. The summed E-state index contributed by atoms with van der Waals surface area (Å²) in [5.74, 6) is -0.548. The third kappa shape index (κ3) is 4.28. The van der Waals surface area contributed by atoms with E-state index in [1.54, 1.807) is 35.5 Å². The number of hydrogen-bond donors (Lipinski definition) is 1. The molecule has 2 aromatic heterocycles. The molecule has 7 nitrogen and oxygen atoms in total. The second kappa shape index (κ2) is 7.69. The Labute approximate surface area is 144 Å². The Balaban J connectivity index is 1.53. The molecule has 3 rings (SSSR count). The Hall–Kier alpha value is -3.03. The molecule has 0 bridgehead atoms. The quantitative estimate of drug-likeness (QED) is 0.667. The first-order valence-electron chi connectivity index (χ1n) is 8.05. The molecular formula is C17H19FN6O. The zero-order valence-electron chi connectivity index (χ0n) is 13.8. The van der Waals surface area contributed by atoms with E-state index in [0.29, 0.717) is 6.54 Å². The molecule has 0 aliphatic heterocycles. The first kappa shape index (κ1) is 16.8. The molecule has 0 saturated heterocycles. The zero-order chi connectivity index (χ0) is 17.6. The maximum Gasteiger partial charge on any atom is 0.273 e. The van der Waals surface area contributed by atoms with Crippen LogP contribution in [0, 0.1) is 5.82 Å². The number of aryl methyl sites for hydroxylation is 1. The summed E-state index contributed by atoms with van der Waals surface area (Å²) in [7, 11) is 0. The van der Waals surface area contributed by atoms with Crippen molar-refractivity contribution in [3.05, 3.63) is 66.3 Å². The van der Waals surface area contributed by atoms with Crippen molar-refractivity contribution in [3.63, 3.8) is 0 Å². The molecule has 0 fully saturated rings. The predicted molar refractivity (Wildman–Crippen MR) is 89.4 cm³/mol. The van der Waals surface area contributed by atoms with E-state index in [1.165, 1.54) is 12.1 Å². The van der Waals surface area contributed by atoms with Gasteiger partial charge in [0.25, 0.3) is 5.91 Å². The largest absolute Gasteiger partial charge is 0.351 e. The average Bonchev–Trinajstić information content (AvgIpc) is 3.30. The highest BCUT2D eigenvalue weighted by Crippen LogP contribution is 2.17. The minimum absolute atomic E-state index is 0.143. The lowest BCUT2D eigenvalue weighted by Gasteiger charge is -2.11. The highest BCUT2D eigenvalue weighted by Gasteiger charge is 2.14. The number of hydrogen-bond acceptors (Lipinski definition) is 4. The normalized spacial score (nSPS) is 12.1. The molecule has 1 amide bonds. The monoisotopic (exact) mass is 342 g/mol. The van der Waals surface area contributed by atoms with Gasteiger partial charge in [-0.25, -0.2) is 14.1 Å². The number of carbonyl (C=O) groups excluding carboxylic acids is 1. The van der Waals surface area contributed by atoms with Crippen LogP contribution in [-0.4, -0.2) is 37.0 Å². The SMILES string of the molecule is CC(c1ccc(F)cc1)n1cc(C(=O)NCCCn2ccnc2)nn1. The maximum absolute atomic E-state index is 13.0. The van der Waals surface area contributed by atoms with Gasteiger partial charge in [0.15, 0.2) is 5.69 Å². The summed E-state index contributed by atoms with van der Waals surface area (Å²) in [6.07, 6.45) is 7.73. The van der Waals surface area contributed by atoms with Crippen LogP contribution in [0.15, 0.2) is 49.2 Å². The van der Waals surface area contributed by atoms with Gasteiger partial charge in [-0.15, -0.1) is 5.10 Å². The van der Waals surface area contributed by atoms with Crippen molar-refractivity contribution in [3.8, 4) is 0 Å². The molecule has 1 aromatic carbocycles. The summed E-state index contributed by atoms with van der Waals surface area (Å²) in [4.78, 5) is 16.1. The molecule has 8 heteroatoms. The summed E-state index contributed by atoms with van der Waals surface area (Å²) < 4.78 is 16.5. The van der Waals surface area contributed by atoms with Gasteiger partial charge in [-0.1, -0.05) is 17.3 Å². The summed E-state index contributed by atoms with van der Waals surface area (Å²) >= 11 is 0. The molecule has 0 spiro atoms. The average molecular weight is 342 g/mol. The van der Waals surface area contributed by atoms with Crippen LogP contribution in [-0.2, 0) is 6.54 Å². The Morgan fingerprint density at radius 3 is 2.84 bits per heavy atom. The molecule has 0 aliphatic rings. The van der Waals surface area contributed by atoms with Crippen molar-refractivity contribution < 1.29 is 9.18 Å². The Kier molecular flexibility index (Phi) is 5.17. The van der Waals surface area contributed by atoms with E-state index in [9.17, 15) is 9.18 Å². The van der Waals surface area contributed by atoms with Crippen molar-refractivity contribution in [1.29, 1.82) is 0 Å².